The summed E-state index contributed by atoms with van der Waals surface area (Å²) in [5.74, 6) is -0.235. The lowest BCUT2D eigenvalue weighted by molar-refractivity contribution is -0.138. The number of hydrogen-bond acceptors (Lipinski definition) is 5. The van der Waals surface area contributed by atoms with Gasteiger partial charge in [0.25, 0.3) is 0 Å². The number of carbonyl (C=O) groups is 1. The molecule has 1 amide bonds. The lowest BCUT2D eigenvalue weighted by atomic mass is 9.95. The van der Waals surface area contributed by atoms with E-state index in [-0.39, 0.29) is 23.0 Å². The van der Waals surface area contributed by atoms with Crippen LogP contribution in [-0.4, -0.2) is 49.4 Å². The van der Waals surface area contributed by atoms with Crippen LogP contribution in [0.2, 0.25) is 0 Å². The summed E-state index contributed by atoms with van der Waals surface area (Å²) in [6.07, 6.45) is -3.98. The number of benzene rings is 1. The van der Waals surface area contributed by atoms with Gasteiger partial charge < -0.3 is 25.0 Å². The van der Waals surface area contributed by atoms with Crippen LogP contribution < -0.4 is 15.4 Å². The van der Waals surface area contributed by atoms with Crippen LogP contribution in [0, 0.1) is 5.92 Å². The zero-order valence-corrected chi connectivity index (χ0v) is 19.2. The van der Waals surface area contributed by atoms with Crippen molar-refractivity contribution in [2.24, 2.45) is 5.92 Å². The van der Waals surface area contributed by atoms with Crippen molar-refractivity contribution in [2.75, 3.05) is 37.3 Å². The van der Waals surface area contributed by atoms with E-state index in [4.69, 9.17) is 15.2 Å². The lowest BCUT2D eigenvalue weighted by Crippen LogP contribution is -2.43. The van der Waals surface area contributed by atoms with E-state index in [0.29, 0.717) is 26.1 Å². The van der Waals surface area contributed by atoms with Crippen molar-refractivity contribution >= 4 is 17.5 Å². The van der Waals surface area contributed by atoms with Crippen LogP contribution in [0.15, 0.2) is 12.1 Å². The van der Waals surface area contributed by atoms with E-state index in [1.54, 1.807) is 46.6 Å². The first-order valence-electron chi connectivity index (χ1n) is 10.5. The molecule has 9 heteroatoms. The van der Waals surface area contributed by atoms with Crippen molar-refractivity contribution in [1.82, 2.24) is 4.90 Å². The molecule has 1 aromatic rings. The zero-order valence-electron chi connectivity index (χ0n) is 19.2. The number of nitrogens with two attached hydrogens (primary N) is 1. The molecule has 176 valence electrons. The summed E-state index contributed by atoms with van der Waals surface area (Å²) in [4.78, 5) is 15.4. The van der Waals surface area contributed by atoms with Gasteiger partial charge in [-0.3, -0.25) is 0 Å². The first-order chi connectivity index (χ1) is 14.2. The van der Waals surface area contributed by atoms with Gasteiger partial charge in [-0.2, -0.15) is 13.2 Å². The van der Waals surface area contributed by atoms with Crippen molar-refractivity contribution in [3.63, 3.8) is 0 Å². The molecule has 0 unspecified atom stereocenters. The molecular formula is C22H34F3N3O3. The van der Waals surface area contributed by atoms with Crippen LogP contribution in [0.5, 0.6) is 5.75 Å². The molecule has 6 nitrogen and oxygen atoms in total. The SMILES string of the molecule is CC(C)Oc1ccc(N)c(N2CCC[C@@H](CN(C)C(=O)OC(C)(C)C)C2)c1C(F)(F)F. The number of alkyl halides is 3. The predicted octanol–water partition coefficient (Wildman–Crippen LogP) is 5.16. The Hall–Kier alpha value is -2.32. The molecule has 1 atom stereocenters. The molecule has 0 saturated carbocycles. The van der Waals surface area contributed by atoms with Crippen LogP contribution in [0.1, 0.15) is 53.0 Å². The Morgan fingerprint density at radius 1 is 1.29 bits per heavy atom. The van der Waals surface area contributed by atoms with Crippen LogP contribution in [0.25, 0.3) is 0 Å². The summed E-state index contributed by atoms with van der Waals surface area (Å²) < 4.78 is 52.9. The van der Waals surface area contributed by atoms with Gasteiger partial charge in [-0.15, -0.1) is 0 Å². The van der Waals surface area contributed by atoms with Gasteiger partial charge in [-0.05, 0) is 65.5 Å². The first kappa shape index (κ1) is 24.9. The second kappa shape index (κ2) is 9.44. The third-order valence-corrected chi connectivity index (χ3v) is 4.89. The van der Waals surface area contributed by atoms with E-state index in [1.807, 2.05) is 0 Å². The lowest BCUT2D eigenvalue weighted by Gasteiger charge is -2.38. The Labute approximate surface area is 182 Å². The van der Waals surface area contributed by atoms with Crippen molar-refractivity contribution in [2.45, 2.75) is 65.3 Å². The summed E-state index contributed by atoms with van der Waals surface area (Å²) in [5, 5.41) is 0. The summed E-state index contributed by atoms with van der Waals surface area (Å²) in [6.45, 7) is 9.91. The Morgan fingerprint density at radius 2 is 1.94 bits per heavy atom. The summed E-state index contributed by atoms with van der Waals surface area (Å²) >= 11 is 0. The molecule has 2 rings (SSSR count). The number of rotatable bonds is 5. The molecule has 0 radical (unpaired) electrons. The van der Waals surface area contributed by atoms with Crippen molar-refractivity contribution in [3.8, 4) is 5.75 Å². The quantitative estimate of drug-likeness (QED) is 0.634. The number of nitrogen functional groups attached to an aromatic ring is 1. The molecule has 1 aromatic carbocycles. The number of piperidine rings is 1. The van der Waals surface area contributed by atoms with Gasteiger partial charge in [0.15, 0.2) is 0 Å². The molecule has 1 aliphatic heterocycles. The Kier molecular flexibility index (Phi) is 7.60. The molecule has 0 aromatic heterocycles. The highest BCUT2D eigenvalue weighted by atomic mass is 19.4. The molecule has 1 heterocycles. The summed E-state index contributed by atoms with van der Waals surface area (Å²) in [6, 6.07) is 2.73. The molecule has 0 aliphatic carbocycles. The molecule has 31 heavy (non-hydrogen) atoms. The Morgan fingerprint density at radius 3 is 2.48 bits per heavy atom. The average Bonchev–Trinajstić information content (AvgIpc) is 2.60. The third kappa shape index (κ3) is 6.83. The van der Waals surface area contributed by atoms with Crippen LogP contribution in [-0.2, 0) is 10.9 Å². The summed E-state index contributed by atoms with van der Waals surface area (Å²) in [5.41, 5.74) is 4.59. The average molecular weight is 446 g/mol. The van der Waals surface area contributed by atoms with Crippen LogP contribution in [0.3, 0.4) is 0 Å². The van der Waals surface area contributed by atoms with Gasteiger partial charge in [-0.25, -0.2) is 4.79 Å². The maximum Gasteiger partial charge on any atom is 0.422 e. The molecule has 0 spiro atoms. The number of anilines is 2. The minimum absolute atomic E-state index is 0.0126. The molecule has 2 N–H and O–H groups in total. The Balaban J connectivity index is 2.27. The van der Waals surface area contributed by atoms with E-state index >= 15 is 0 Å². The fraction of sp³-hybridized carbons (Fsp3) is 0.682. The van der Waals surface area contributed by atoms with E-state index in [1.165, 1.54) is 17.0 Å². The number of ether oxygens (including phenoxy) is 2. The number of halogens is 3. The maximum absolute atomic E-state index is 14.0. The standard InChI is InChI=1S/C22H34F3N3O3/c1-14(2)30-17-10-9-16(26)19(18(17)22(23,24)25)28-11-7-8-15(13-28)12-27(6)20(29)31-21(3,4)5/h9-10,14-15H,7-8,11-13,26H2,1-6H3/t15-/m0/s1. The maximum atomic E-state index is 14.0. The van der Waals surface area contributed by atoms with Gasteiger partial charge in [0, 0.05) is 26.7 Å². The molecule has 1 aliphatic rings. The van der Waals surface area contributed by atoms with Crippen molar-refractivity contribution < 1.29 is 27.4 Å². The highest BCUT2D eigenvalue weighted by Crippen LogP contribution is 2.46. The summed E-state index contributed by atoms with van der Waals surface area (Å²) in [7, 11) is 1.64. The largest absolute Gasteiger partial charge is 0.490 e. The third-order valence-electron chi connectivity index (χ3n) is 4.89. The van der Waals surface area contributed by atoms with Crippen LogP contribution >= 0.6 is 0 Å². The fourth-order valence-electron chi connectivity index (χ4n) is 3.77. The number of carbonyl (C=O) groups excluding carboxylic acids is 1. The number of nitrogens with zero attached hydrogens (tertiary/aromatic N) is 2. The highest BCUT2D eigenvalue weighted by Gasteiger charge is 2.41. The minimum atomic E-state index is -4.62. The first-order valence-corrected chi connectivity index (χ1v) is 10.5. The molecule has 0 bridgehead atoms. The van der Waals surface area contributed by atoms with Gasteiger partial charge in [-0.1, -0.05) is 0 Å². The predicted molar refractivity (Wildman–Crippen MR) is 115 cm³/mol. The molecule has 1 saturated heterocycles. The topological polar surface area (TPSA) is 68.0 Å². The van der Waals surface area contributed by atoms with E-state index in [9.17, 15) is 18.0 Å². The molecule has 1 fully saturated rings. The van der Waals surface area contributed by atoms with Crippen molar-refractivity contribution in [1.29, 1.82) is 0 Å². The second-order valence-electron chi connectivity index (χ2n) is 9.36. The van der Waals surface area contributed by atoms with Gasteiger partial charge in [0.05, 0.1) is 17.5 Å². The van der Waals surface area contributed by atoms with E-state index < -0.39 is 29.5 Å². The normalized spacial score (nSPS) is 17.6. The van der Waals surface area contributed by atoms with Crippen molar-refractivity contribution in [3.05, 3.63) is 17.7 Å². The van der Waals surface area contributed by atoms with Gasteiger partial charge in [0.2, 0.25) is 0 Å². The minimum Gasteiger partial charge on any atom is -0.490 e. The number of hydrogen-bond donors (Lipinski definition) is 1. The number of amides is 1. The molecular weight excluding hydrogens is 411 g/mol. The smallest absolute Gasteiger partial charge is 0.422 e. The van der Waals surface area contributed by atoms with E-state index in [2.05, 4.69) is 0 Å². The monoisotopic (exact) mass is 445 g/mol. The second-order valence-corrected chi connectivity index (χ2v) is 9.36. The van der Waals surface area contributed by atoms with Crippen LogP contribution in [0.4, 0.5) is 29.3 Å². The fourth-order valence-corrected chi connectivity index (χ4v) is 3.77. The van der Waals surface area contributed by atoms with Gasteiger partial charge >= 0.3 is 12.3 Å². The Bertz CT molecular complexity index is 776. The zero-order chi connectivity index (χ0) is 23.6. The van der Waals surface area contributed by atoms with E-state index in [0.717, 1.165) is 6.42 Å². The highest BCUT2D eigenvalue weighted by molar-refractivity contribution is 5.76. The van der Waals surface area contributed by atoms with Gasteiger partial charge in [0.1, 0.15) is 16.9 Å².